The van der Waals surface area contributed by atoms with E-state index in [2.05, 4.69) is 29.0 Å². The zero-order valence-corrected chi connectivity index (χ0v) is 17.6. The van der Waals surface area contributed by atoms with Crippen molar-refractivity contribution >= 4 is 47.3 Å². The molecule has 0 aliphatic carbocycles. The second-order valence-electron chi connectivity index (χ2n) is 6.72. The van der Waals surface area contributed by atoms with Gasteiger partial charge in [-0.1, -0.05) is 13.3 Å². The van der Waals surface area contributed by atoms with Crippen LogP contribution in [0.15, 0.2) is 11.4 Å². The van der Waals surface area contributed by atoms with Crippen LogP contribution in [0.2, 0.25) is 0 Å². The fraction of sp³-hybridized carbons (Fsp3) is 0.667. The van der Waals surface area contributed by atoms with E-state index >= 15 is 0 Å². The van der Waals surface area contributed by atoms with Crippen molar-refractivity contribution in [3.63, 3.8) is 0 Å². The van der Waals surface area contributed by atoms with Crippen molar-refractivity contribution in [1.29, 1.82) is 0 Å². The fourth-order valence-corrected chi connectivity index (χ4v) is 5.27. The maximum absolute atomic E-state index is 12.9. The molecule has 8 heteroatoms. The minimum absolute atomic E-state index is 0. The van der Waals surface area contributed by atoms with E-state index in [1.54, 1.807) is 11.3 Å². The Kier molecular flexibility index (Phi) is 8.73. The lowest BCUT2D eigenvalue weighted by atomic mass is 10.1. The molecule has 2 atom stereocenters. The molecule has 26 heavy (non-hydrogen) atoms. The quantitative estimate of drug-likeness (QED) is 0.746. The average molecular weight is 418 g/mol. The SMILES string of the molecule is CCCC(NC(=O)CC1CSCCN1)C(=O)N1CCc2sccc2C1.Cl. The van der Waals surface area contributed by atoms with E-state index in [9.17, 15) is 9.59 Å². The smallest absolute Gasteiger partial charge is 0.245 e. The van der Waals surface area contributed by atoms with E-state index in [0.29, 0.717) is 19.4 Å². The Labute approximate surface area is 170 Å². The summed E-state index contributed by atoms with van der Waals surface area (Å²) in [6.07, 6.45) is 2.96. The van der Waals surface area contributed by atoms with E-state index in [1.807, 2.05) is 16.7 Å². The highest BCUT2D eigenvalue weighted by Crippen LogP contribution is 2.24. The van der Waals surface area contributed by atoms with Crippen LogP contribution in [0.3, 0.4) is 0 Å². The molecular weight excluding hydrogens is 390 g/mol. The van der Waals surface area contributed by atoms with Crippen molar-refractivity contribution in [2.45, 2.75) is 51.2 Å². The van der Waals surface area contributed by atoms with Gasteiger partial charge < -0.3 is 15.5 Å². The van der Waals surface area contributed by atoms with E-state index < -0.39 is 6.04 Å². The monoisotopic (exact) mass is 417 g/mol. The number of hydrogen-bond acceptors (Lipinski definition) is 5. The molecule has 1 aromatic heterocycles. The zero-order chi connectivity index (χ0) is 17.6. The summed E-state index contributed by atoms with van der Waals surface area (Å²) in [4.78, 5) is 28.7. The Morgan fingerprint density at radius 1 is 1.46 bits per heavy atom. The topological polar surface area (TPSA) is 61.4 Å². The summed E-state index contributed by atoms with van der Waals surface area (Å²) in [7, 11) is 0. The van der Waals surface area contributed by atoms with Gasteiger partial charge in [0.05, 0.1) is 0 Å². The average Bonchev–Trinajstić information content (AvgIpc) is 3.09. The van der Waals surface area contributed by atoms with Crippen molar-refractivity contribution in [3.05, 3.63) is 21.9 Å². The van der Waals surface area contributed by atoms with Crippen molar-refractivity contribution < 1.29 is 9.59 Å². The third-order valence-corrected chi connectivity index (χ3v) is 6.91. The highest BCUT2D eigenvalue weighted by Gasteiger charge is 2.29. The Hall–Kier alpha value is -0.760. The minimum Gasteiger partial charge on any atom is -0.344 e. The van der Waals surface area contributed by atoms with Gasteiger partial charge in [-0.05, 0) is 29.9 Å². The first-order valence-corrected chi connectivity index (χ1v) is 11.1. The molecule has 3 heterocycles. The number of nitrogens with one attached hydrogen (secondary N) is 2. The number of hydrogen-bond donors (Lipinski definition) is 2. The number of thiophene rings is 1. The highest BCUT2D eigenvalue weighted by molar-refractivity contribution is 7.99. The molecule has 5 nitrogen and oxygen atoms in total. The van der Waals surface area contributed by atoms with E-state index in [1.165, 1.54) is 10.4 Å². The van der Waals surface area contributed by atoms with Crippen molar-refractivity contribution in [1.82, 2.24) is 15.5 Å². The van der Waals surface area contributed by atoms with Gasteiger partial charge in [0.2, 0.25) is 11.8 Å². The second kappa shape index (κ2) is 10.5. The van der Waals surface area contributed by atoms with Crippen LogP contribution in [0.25, 0.3) is 0 Å². The Balaban J connectivity index is 0.00000243. The number of nitrogens with zero attached hydrogens (tertiary/aromatic N) is 1. The van der Waals surface area contributed by atoms with Gasteiger partial charge in [-0.2, -0.15) is 11.8 Å². The number of rotatable bonds is 6. The van der Waals surface area contributed by atoms with Crippen LogP contribution in [0.5, 0.6) is 0 Å². The standard InChI is InChI=1S/C18H27N3O2S2.ClH/c1-2-3-15(20-17(22)10-14-12-24-9-6-19-14)18(23)21-7-4-16-13(11-21)5-8-25-16;/h5,8,14-15,19H,2-4,6-7,9-12H2,1H3,(H,20,22);1H. The molecule has 0 spiro atoms. The molecule has 2 aliphatic heterocycles. The van der Waals surface area contributed by atoms with Crippen LogP contribution in [-0.4, -0.2) is 53.4 Å². The van der Waals surface area contributed by atoms with Crippen LogP contribution in [0.1, 0.15) is 36.6 Å². The number of carbonyl (C=O) groups is 2. The first-order chi connectivity index (χ1) is 12.2. The molecule has 146 valence electrons. The summed E-state index contributed by atoms with van der Waals surface area (Å²) >= 11 is 3.65. The molecule has 0 saturated carbocycles. The largest absolute Gasteiger partial charge is 0.344 e. The molecule has 3 rings (SSSR count). The molecule has 0 radical (unpaired) electrons. The summed E-state index contributed by atoms with van der Waals surface area (Å²) in [5.41, 5.74) is 1.26. The summed E-state index contributed by atoms with van der Waals surface area (Å²) in [6, 6.07) is 1.94. The molecule has 1 saturated heterocycles. The number of carbonyl (C=O) groups excluding carboxylic acids is 2. The third-order valence-electron chi connectivity index (χ3n) is 4.76. The van der Waals surface area contributed by atoms with Crippen LogP contribution in [-0.2, 0) is 22.6 Å². The minimum atomic E-state index is -0.395. The summed E-state index contributed by atoms with van der Waals surface area (Å²) in [6.45, 7) is 4.44. The number of amides is 2. The van der Waals surface area contributed by atoms with E-state index in [4.69, 9.17) is 0 Å². The van der Waals surface area contributed by atoms with Gasteiger partial charge in [-0.15, -0.1) is 23.7 Å². The fourth-order valence-electron chi connectivity index (χ4n) is 3.43. The Morgan fingerprint density at radius 2 is 2.31 bits per heavy atom. The summed E-state index contributed by atoms with van der Waals surface area (Å²) in [5.74, 6) is 2.12. The lowest BCUT2D eigenvalue weighted by molar-refractivity contribution is -0.137. The van der Waals surface area contributed by atoms with Gasteiger partial charge in [-0.25, -0.2) is 0 Å². The highest BCUT2D eigenvalue weighted by atomic mass is 35.5. The van der Waals surface area contributed by atoms with Crippen LogP contribution >= 0.6 is 35.5 Å². The zero-order valence-electron chi connectivity index (χ0n) is 15.2. The molecule has 1 aromatic rings. The van der Waals surface area contributed by atoms with Crippen molar-refractivity contribution in [3.8, 4) is 0 Å². The first kappa shape index (κ1) is 21.5. The molecule has 2 N–H and O–H groups in total. The lowest BCUT2D eigenvalue weighted by Gasteiger charge is -2.31. The first-order valence-electron chi connectivity index (χ1n) is 9.12. The summed E-state index contributed by atoms with van der Waals surface area (Å²) < 4.78 is 0. The van der Waals surface area contributed by atoms with Crippen LogP contribution < -0.4 is 10.6 Å². The maximum Gasteiger partial charge on any atom is 0.245 e. The number of fused-ring (bicyclic) bond motifs is 1. The van der Waals surface area contributed by atoms with E-state index in [0.717, 1.165) is 37.4 Å². The van der Waals surface area contributed by atoms with Crippen molar-refractivity contribution in [2.75, 3.05) is 24.6 Å². The Bertz CT molecular complexity index is 605. The molecule has 2 aliphatic rings. The Morgan fingerprint density at radius 3 is 3.04 bits per heavy atom. The molecule has 2 unspecified atom stereocenters. The normalized spacial score (nSPS) is 20.7. The van der Waals surface area contributed by atoms with Crippen molar-refractivity contribution in [2.24, 2.45) is 0 Å². The molecule has 0 aromatic carbocycles. The molecular formula is C18H28ClN3O2S2. The second-order valence-corrected chi connectivity index (χ2v) is 8.87. The van der Waals surface area contributed by atoms with Gasteiger partial charge >= 0.3 is 0 Å². The predicted octanol–water partition coefficient (Wildman–Crippen LogP) is 2.43. The molecule has 0 bridgehead atoms. The van der Waals surface area contributed by atoms with Gasteiger partial charge in [0, 0.05) is 48.5 Å². The predicted molar refractivity (Wildman–Crippen MR) is 111 cm³/mol. The van der Waals surface area contributed by atoms with Gasteiger partial charge in [-0.3, -0.25) is 9.59 Å². The molecule has 1 fully saturated rings. The summed E-state index contributed by atoms with van der Waals surface area (Å²) in [5, 5.41) is 8.48. The number of halogens is 1. The third kappa shape index (κ3) is 5.62. The maximum atomic E-state index is 12.9. The van der Waals surface area contributed by atoms with Crippen LogP contribution in [0.4, 0.5) is 0 Å². The lowest BCUT2D eigenvalue weighted by Crippen LogP contribution is -2.51. The van der Waals surface area contributed by atoms with Gasteiger partial charge in [0.15, 0.2) is 0 Å². The van der Waals surface area contributed by atoms with Gasteiger partial charge in [0.25, 0.3) is 0 Å². The van der Waals surface area contributed by atoms with Gasteiger partial charge in [0.1, 0.15) is 6.04 Å². The number of thioether (sulfide) groups is 1. The molecule has 2 amide bonds. The van der Waals surface area contributed by atoms with E-state index in [-0.39, 0.29) is 30.3 Å². The van der Waals surface area contributed by atoms with Crippen LogP contribution in [0, 0.1) is 0 Å².